The number of pyridine rings is 1. The van der Waals surface area contributed by atoms with Gasteiger partial charge in [-0.1, -0.05) is 35.9 Å². The lowest BCUT2D eigenvalue weighted by molar-refractivity contribution is 0.417. The minimum absolute atomic E-state index is 0.641. The second-order valence-corrected chi connectivity index (χ2v) is 7.09. The van der Waals surface area contributed by atoms with Crippen LogP contribution in [0.5, 0.6) is 5.75 Å². The standard InChI is InChI=1S/C22H21ClN4O/c1-26(2)17-11-8-15(9-12-17)21-22(24-18-6-4-5-7-19(18)28-3)27-14-16(23)10-13-20(27)25-21/h4-14,24H,1-3H3. The van der Waals surface area contributed by atoms with E-state index in [0.717, 1.165) is 39.8 Å². The van der Waals surface area contributed by atoms with Crippen LogP contribution >= 0.6 is 11.6 Å². The second-order valence-electron chi connectivity index (χ2n) is 6.65. The molecule has 0 fully saturated rings. The predicted octanol–water partition coefficient (Wildman–Crippen LogP) is 5.47. The minimum atomic E-state index is 0.641. The third-order valence-electron chi connectivity index (χ3n) is 4.60. The number of benzene rings is 2. The van der Waals surface area contributed by atoms with Crippen molar-refractivity contribution in [3.05, 3.63) is 71.9 Å². The van der Waals surface area contributed by atoms with E-state index in [1.807, 2.05) is 61.1 Å². The van der Waals surface area contributed by atoms with E-state index in [4.69, 9.17) is 21.3 Å². The van der Waals surface area contributed by atoms with Gasteiger partial charge in [0.05, 0.1) is 17.8 Å². The average Bonchev–Trinajstić information content (AvgIpc) is 3.06. The van der Waals surface area contributed by atoms with Gasteiger partial charge in [-0.3, -0.25) is 4.40 Å². The normalized spacial score (nSPS) is 10.9. The molecule has 0 bridgehead atoms. The van der Waals surface area contributed by atoms with Gasteiger partial charge in [0.1, 0.15) is 22.9 Å². The molecule has 4 rings (SSSR count). The SMILES string of the molecule is COc1ccccc1Nc1c(-c2ccc(N(C)C)cc2)nc2ccc(Cl)cn12. The summed E-state index contributed by atoms with van der Waals surface area (Å²) in [5.41, 5.74) is 4.67. The average molecular weight is 393 g/mol. The van der Waals surface area contributed by atoms with Crippen molar-refractivity contribution in [2.24, 2.45) is 0 Å². The molecule has 0 aliphatic carbocycles. The van der Waals surface area contributed by atoms with Crippen LogP contribution < -0.4 is 15.0 Å². The Balaban J connectivity index is 1.87. The second kappa shape index (κ2) is 7.44. The maximum Gasteiger partial charge on any atom is 0.143 e. The lowest BCUT2D eigenvalue weighted by Gasteiger charge is -2.14. The van der Waals surface area contributed by atoms with Gasteiger partial charge < -0.3 is 15.0 Å². The fraction of sp³-hybridized carbons (Fsp3) is 0.136. The summed E-state index contributed by atoms with van der Waals surface area (Å²) < 4.78 is 7.46. The number of fused-ring (bicyclic) bond motifs is 1. The van der Waals surface area contributed by atoms with Crippen molar-refractivity contribution in [2.75, 3.05) is 31.4 Å². The highest BCUT2D eigenvalue weighted by Crippen LogP contribution is 2.35. The Bertz CT molecular complexity index is 1120. The van der Waals surface area contributed by atoms with Gasteiger partial charge in [0, 0.05) is 31.5 Å². The molecule has 0 saturated carbocycles. The Morgan fingerprint density at radius 3 is 2.46 bits per heavy atom. The van der Waals surface area contributed by atoms with Gasteiger partial charge in [-0.15, -0.1) is 0 Å². The number of aromatic nitrogens is 2. The van der Waals surface area contributed by atoms with Gasteiger partial charge in [0.25, 0.3) is 0 Å². The van der Waals surface area contributed by atoms with Crippen molar-refractivity contribution in [1.82, 2.24) is 9.38 Å². The Labute approximate surface area is 169 Å². The molecule has 142 valence electrons. The van der Waals surface area contributed by atoms with Crippen LogP contribution in [0, 0.1) is 0 Å². The number of anilines is 3. The molecule has 0 amide bonds. The number of imidazole rings is 1. The molecule has 28 heavy (non-hydrogen) atoms. The number of methoxy groups -OCH3 is 1. The number of nitrogens with one attached hydrogen (secondary N) is 1. The summed E-state index contributed by atoms with van der Waals surface area (Å²) in [4.78, 5) is 6.91. The van der Waals surface area contributed by atoms with Crippen LogP contribution in [0.1, 0.15) is 0 Å². The van der Waals surface area contributed by atoms with E-state index in [1.54, 1.807) is 7.11 Å². The van der Waals surface area contributed by atoms with Gasteiger partial charge in [-0.2, -0.15) is 0 Å². The van der Waals surface area contributed by atoms with E-state index in [-0.39, 0.29) is 0 Å². The number of hydrogen-bond donors (Lipinski definition) is 1. The molecule has 2 aromatic carbocycles. The Hall–Kier alpha value is -3.18. The number of nitrogens with zero attached hydrogens (tertiary/aromatic N) is 3. The molecule has 2 heterocycles. The van der Waals surface area contributed by atoms with Crippen LogP contribution in [0.3, 0.4) is 0 Å². The first-order valence-electron chi connectivity index (χ1n) is 8.92. The molecule has 4 aromatic rings. The Morgan fingerprint density at radius 2 is 1.75 bits per heavy atom. The van der Waals surface area contributed by atoms with E-state index in [0.29, 0.717) is 5.02 Å². The number of halogens is 1. The van der Waals surface area contributed by atoms with Crippen molar-refractivity contribution in [3.63, 3.8) is 0 Å². The summed E-state index contributed by atoms with van der Waals surface area (Å²) in [6.45, 7) is 0. The first kappa shape index (κ1) is 18.2. The highest BCUT2D eigenvalue weighted by Gasteiger charge is 2.16. The fourth-order valence-electron chi connectivity index (χ4n) is 3.13. The first-order valence-corrected chi connectivity index (χ1v) is 9.30. The van der Waals surface area contributed by atoms with Crippen LogP contribution in [0.4, 0.5) is 17.2 Å². The largest absolute Gasteiger partial charge is 0.495 e. The Morgan fingerprint density at radius 1 is 1.00 bits per heavy atom. The van der Waals surface area contributed by atoms with E-state index in [1.165, 1.54) is 0 Å². The molecule has 0 unspecified atom stereocenters. The summed E-state index contributed by atoms with van der Waals surface area (Å²) in [6, 6.07) is 19.9. The third-order valence-corrected chi connectivity index (χ3v) is 4.82. The summed E-state index contributed by atoms with van der Waals surface area (Å²) in [6.07, 6.45) is 1.86. The van der Waals surface area contributed by atoms with Crippen molar-refractivity contribution in [1.29, 1.82) is 0 Å². The van der Waals surface area contributed by atoms with Crippen molar-refractivity contribution < 1.29 is 4.74 Å². The summed E-state index contributed by atoms with van der Waals surface area (Å²) >= 11 is 6.26. The van der Waals surface area contributed by atoms with E-state index < -0.39 is 0 Å². The van der Waals surface area contributed by atoms with Crippen LogP contribution in [0.25, 0.3) is 16.9 Å². The molecular weight excluding hydrogens is 372 g/mol. The molecule has 2 aromatic heterocycles. The quantitative estimate of drug-likeness (QED) is 0.488. The molecule has 6 heteroatoms. The van der Waals surface area contributed by atoms with Crippen molar-refractivity contribution in [3.8, 4) is 17.0 Å². The summed E-state index contributed by atoms with van der Waals surface area (Å²) in [5, 5.41) is 4.13. The van der Waals surface area contributed by atoms with E-state index in [9.17, 15) is 0 Å². The Kier molecular flexibility index (Phi) is 4.84. The van der Waals surface area contributed by atoms with Gasteiger partial charge in [-0.25, -0.2) is 4.98 Å². The molecule has 5 nitrogen and oxygen atoms in total. The molecule has 0 atom stereocenters. The molecule has 1 N–H and O–H groups in total. The first-order chi connectivity index (χ1) is 13.6. The fourth-order valence-corrected chi connectivity index (χ4v) is 3.29. The molecular formula is C22H21ClN4O. The lowest BCUT2D eigenvalue weighted by atomic mass is 10.1. The van der Waals surface area contributed by atoms with Crippen molar-refractivity contribution >= 4 is 34.4 Å². The monoisotopic (exact) mass is 392 g/mol. The van der Waals surface area contributed by atoms with E-state index >= 15 is 0 Å². The number of hydrogen-bond acceptors (Lipinski definition) is 4. The maximum absolute atomic E-state index is 6.26. The van der Waals surface area contributed by atoms with Crippen molar-refractivity contribution in [2.45, 2.75) is 0 Å². The maximum atomic E-state index is 6.26. The van der Waals surface area contributed by atoms with Crippen LogP contribution in [-0.2, 0) is 0 Å². The third kappa shape index (κ3) is 3.37. The predicted molar refractivity (Wildman–Crippen MR) is 116 cm³/mol. The summed E-state index contributed by atoms with van der Waals surface area (Å²) in [5.74, 6) is 1.59. The number of rotatable bonds is 5. The number of ether oxygens (including phenoxy) is 1. The minimum Gasteiger partial charge on any atom is -0.495 e. The zero-order valence-corrected chi connectivity index (χ0v) is 16.7. The van der Waals surface area contributed by atoms with Gasteiger partial charge in [-0.05, 0) is 36.4 Å². The van der Waals surface area contributed by atoms with Gasteiger partial charge >= 0.3 is 0 Å². The molecule has 0 spiro atoms. The van der Waals surface area contributed by atoms with Gasteiger partial charge in [0.15, 0.2) is 0 Å². The zero-order valence-electron chi connectivity index (χ0n) is 16.0. The zero-order chi connectivity index (χ0) is 19.7. The van der Waals surface area contributed by atoms with Gasteiger partial charge in [0.2, 0.25) is 0 Å². The topological polar surface area (TPSA) is 41.8 Å². The molecule has 0 saturated heterocycles. The lowest BCUT2D eigenvalue weighted by Crippen LogP contribution is -2.08. The molecule has 0 aliphatic rings. The number of para-hydroxylation sites is 2. The highest BCUT2D eigenvalue weighted by atomic mass is 35.5. The highest BCUT2D eigenvalue weighted by molar-refractivity contribution is 6.30. The molecule has 0 aliphatic heterocycles. The smallest absolute Gasteiger partial charge is 0.143 e. The van der Waals surface area contributed by atoms with Crippen LogP contribution in [0.2, 0.25) is 5.02 Å². The molecule has 0 radical (unpaired) electrons. The summed E-state index contributed by atoms with van der Waals surface area (Å²) in [7, 11) is 5.71. The van der Waals surface area contributed by atoms with E-state index in [2.05, 4.69) is 34.5 Å². The van der Waals surface area contributed by atoms with Crippen LogP contribution in [0.15, 0.2) is 66.9 Å². The van der Waals surface area contributed by atoms with Crippen LogP contribution in [-0.4, -0.2) is 30.6 Å².